The van der Waals surface area contributed by atoms with Gasteiger partial charge in [0.15, 0.2) is 0 Å². The lowest BCUT2D eigenvalue weighted by Crippen LogP contribution is -2.23. The van der Waals surface area contributed by atoms with Crippen LogP contribution in [0.2, 0.25) is 0 Å². The number of halogens is 1. The Morgan fingerprint density at radius 2 is 1.45 bits per heavy atom. The smallest absolute Gasteiger partial charge is 0.305 e. The highest BCUT2D eigenvalue weighted by Crippen LogP contribution is 2.31. The monoisotopic (exact) mass is 448 g/mol. The van der Waals surface area contributed by atoms with Crippen LogP contribution < -0.4 is 14.4 Å². The van der Waals surface area contributed by atoms with E-state index in [4.69, 9.17) is 9.47 Å². The van der Waals surface area contributed by atoms with Gasteiger partial charge in [-0.2, -0.15) is 4.39 Å². The van der Waals surface area contributed by atoms with Gasteiger partial charge in [-0.3, -0.25) is 10.1 Å². The minimum absolute atomic E-state index is 0.289. The standard InChI is InChI=1S/C24H21FN4O4/c1-32-18-7-3-16(4-8-18)13-28(14-17-5-9-19(33-2)10-6-17)24-20-11-23(29(30)31)21(25)12-22(20)26-15-27-24/h3-12,15H,13-14H2,1-2H3. The van der Waals surface area contributed by atoms with Crippen molar-refractivity contribution in [3.63, 3.8) is 0 Å². The van der Waals surface area contributed by atoms with Crippen molar-refractivity contribution in [3.8, 4) is 11.5 Å². The Kier molecular flexibility index (Phi) is 6.30. The molecular weight excluding hydrogens is 427 g/mol. The fraction of sp³-hybridized carbons (Fsp3) is 0.167. The first-order valence-electron chi connectivity index (χ1n) is 10.1. The Morgan fingerprint density at radius 1 is 0.909 bits per heavy atom. The van der Waals surface area contributed by atoms with Crippen molar-refractivity contribution in [2.75, 3.05) is 19.1 Å². The van der Waals surface area contributed by atoms with Crippen LogP contribution in [0.1, 0.15) is 11.1 Å². The van der Waals surface area contributed by atoms with E-state index in [2.05, 4.69) is 9.97 Å². The summed E-state index contributed by atoms with van der Waals surface area (Å²) in [7, 11) is 3.20. The lowest BCUT2D eigenvalue weighted by molar-refractivity contribution is -0.387. The van der Waals surface area contributed by atoms with Crippen LogP contribution in [0.25, 0.3) is 10.9 Å². The normalized spacial score (nSPS) is 10.8. The van der Waals surface area contributed by atoms with E-state index in [0.717, 1.165) is 28.7 Å². The first kappa shape index (κ1) is 21.9. The van der Waals surface area contributed by atoms with Crippen LogP contribution in [0.15, 0.2) is 67.0 Å². The minimum Gasteiger partial charge on any atom is -0.497 e. The largest absolute Gasteiger partial charge is 0.497 e. The van der Waals surface area contributed by atoms with Crippen molar-refractivity contribution in [2.45, 2.75) is 13.1 Å². The van der Waals surface area contributed by atoms with Gasteiger partial charge in [-0.1, -0.05) is 24.3 Å². The molecule has 1 aromatic heterocycles. The summed E-state index contributed by atoms with van der Waals surface area (Å²) in [4.78, 5) is 21.1. The molecule has 0 aliphatic heterocycles. The fourth-order valence-electron chi connectivity index (χ4n) is 3.55. The topological polar surface area (TPSA) is 90.6 Å². The molecule has 0 spiro atoms. The number of hydrogen-bond acceptors (Lipinski definition) is 7. The van der Waals surface area contributed by atoms with Crippen LogP contribution in [0.5, 0.6) is 11.5 Å². The Morgan fingerprint density at radius 3 is 1.94 bits per heavy atom. The lowest BCUT2D eigenvalue weighted by atomic mass is 10.1. The van der Waals surface area contributed by atoms with Crippen LogP contribution in [-0.2, 0) is 13.1 Å². The number of anilines is 1. The third-order valence-electron chi connectivity index (χ3n) is 5.24. The average molecular weight is 448 g/mol. The molecule has 0 unspecified atom stereocenters. The third-order valence-corrected chi connectivity index (χ3v) is 5.24. The Balaban J connectivity index is 1.79. The van der Waals surface area contributed by atoms with Gasteiger partial charge in [0.25, 0.3) is 0 Å². The van der Waals surface area contributed by atoms with Crippen molar-refractivity contribution < 1.29 is 18.8 Å². The van der Waals surface area contributed by atoms with Gasteiger partial charge in [0.05, 0.1) is 24.7 Å². The molecule has 0 bridgehead atoms. The summed E-state index contributed by atoms with van der Waals surface area (Å²) in [6.45, 7) is 0.903. The number of nitro groups is 1. The van der Waals surface area contributed by atoms with Gasteiger partial charge in [0.2, 0.25) is 5.82 Å². The first-order chi connectivity index (χ1) is 16.0. The van der Waals surface area contributed by atoms with E-state index in [1.165, 1.54) is 12.4 Å². The first-order valence-corrected chi connectivity index (χ1v) is 10.1. The number of fused-ring (bicyclic) bond motifs is 1. The van der Waals surface area contributed by atoms with Gasteiger partial charge < -0.3 is 14.4 Å². The number of nitro benzene ring substituents is 1. The maximum Gasteiger partial charge on any atom is 0.305 e. The summed E-state index contributed by atoms with van der Waals surface area (Å²) < 4.78 is 24.7. The van der Waals surface area contributed by atoms with Crippen LogP contribution in [0.3, 0.4) is 0 Å². The number of benzene rings is 3. The Bertz CT molecular complexity index is 1230. The van der Waals surface area contributed by atoms with E-state index >= 15 is 0 Å². The van der Waals surface area contributed by atoms with Gasteiger partial charge in [-0.05, 0) is 35.4 Å². The van der Waals surface area contributed by atoms with E-state index < -0.39 is 16.4 Å². The summed E-state index contributed by atoms with van der Waals surface area (Å²) in [5.41, 5.74) is 1.63. The second-order valence-electron chi connectivity index (χ2n) is 7.33. The predicted molar refractivity (Wildman–Crippen MR) is 122 cm³/mol. The molecule has 9 heteroatoms. The zero-order chi connectivity index (χ0) is 23.4. The predicted octanol–water partition coefficient (Wildman–Crippen LogP) is 4.90. The van der Waals surface area contributed by atoms with Gasteiger partial charge in [0, 0.05) is 30.6 Å². The maximum absolute atomic E-state index is 14.2. The van der Waals surface area contributed by atoms with Crippen molar-refractivity contribution in [1.29, 1.82) is 0 Å². The number of methoxy groups -OCH3 is 2. The van der Waals surface area contributed by atoms with Crippen molar-refractivity contribution in [3.05, 3.63) is 94.0 Å². The summed E-state index contributed by atoms with van der Waals surface area (Å²) in [6, 6.07) is 17.4. The highest BCUT2D eigenvalue weighted by atomic mass is 19.1. The second-order valence-corrected chi connectivity index (χ2v) is 7.33. The molecule has 0 aliphatic rings. The molecule has 0 fully saturated rings. The minimum atomic E-state index is -0.936. The molecule has 0 atom stereocenters. The van der Waals surface area contributed by atoms with E-state index in [9.17, 15) is 14.5 Å². The molecular formula is C24H21FN4O4. The maximum atomic E-state index is 14.2. The molecule has 3 aromatic carbocycles. The molecule has 168 valence electrons. The van der Waals surface area contributed by atoms with Gasteiger partial charge in [-0.25, -0.2) is 9.97 Å². The molecule has 33 heavy (non-hydrogen) atoms. The zero-order valence-electron chi connectivity index (χ0n) is 18.1. The van der Waals surface area contributed by atoms with E-state index in [-0.39, 0.29) is 5.52 Å². The van der Waals surface area contributed by atoms with Crippen LogP contribution in [-0.4, -0.2) is 29.1 Å². The molecule has 0 saturated heterocycles. The lowest BCUT2D eigenvalue weighted by Gasteiger charge is -2.25. The molecule has 4 rings (SSSR count). The number of aromatic nitrogens is 2. The van der Waals surface area contributed by atoms with E-state index in [0.29, 0.717) is 24.3 Å². The summed E-state index contributed by atoms with van der Waals surface area (Å²) in [6.07, 6.45) is 1.33. The molecule has 0 amide bonds. The summed E-state index contributed by atoms with van der Waals surface area (Å²) >= 11 is 0. The summed E-state index contributed by atoms with van der Waals surface area (Å²) in [5.74, 6) is 1.00. The number of nitrogens with zero attached hydrogens (tertiary/aromatic N) is 4. The molecule has 1 heterocycles. The van der Waals surface area contributed by atoms with Crippen LogP contribution >= 0.6 is 0 Å². The Hall–Kier alpha value is -4.27. The third kappa shape index (κ3) is 4.82. The van der Waals surface area contributed by atoms with Gasteiger partial charge >= 0.3 is 5.69 Å². The average Bonchev–Trinajstić information content (AvgIpc) is 2.83. The summed E-state index contributed by atoms with van der Waals surface area (Å²) in [5, 5.41) is 11.7. The van der Waals surface area contributed by atoms with Crippen molar-refractivity contribution in [2.24, 2.45) is 0 Å². The second kappa shape index (κ2) is 9.47. The zero-order valence-corrected chi connectivity index (χ0v) is 18.1. The molecule has 0 N–H and O–H groups in total. The highest BCUT2D eigenvalue weighted by molar-refractivity contribution is 5.91. The number of ether oxygens (including phenoxy) is 2. The van der Waals surface area contributed by atoms with E-state index in [1.807, 2.05) is 53.4 Å². The molecule has 0 radical (unpaired) electrons. The van der Waals surface area contributed by atoms with Crippen molar-refractivity contribution >= 4 is 22.4 Å². The molecule has 0 aliphatic carbocycles. The molecule has 8 nitrogen and oxygen atoms in total. The van der Waals surface area contributed by atoms with Crippen molar-refractivity contribution in [1.82, 2.24) is 9.97 Å². The molecule has 4 aromatic rings. The quantitative estimate of drug-likeness (QED) is 0.280. The number of hydrogen-bond donors (Lipinski definition) is 0. The van der Waals surface area contributed by atoms with Gasteiger partial charge in [-0.15, -0.1) is 0 Å². The molecule has 0 saturated carbocycles. The number of rotatable bonds is 8. The SMILES string of the molecule is COc1ccc(CN(Cc2ccc(OC)cc2)c2ncnc3cc(F)c([N+](=O)[O-])cc23)cc1. The van der Waals surface area contributed by atoms with Crippen LogP contribution in [0, 0.1) is 15.9 Å². The highest BCUT2D eigenvalue weighted by Gasteiger charge is 2.21. The Labute approximate surface area is 189 Å². The van der Waals surface area contributed by atoms with E-state index in [1.54, 1.807) is 14.2 Å². The van der Waals surface area contributed by atoms with Crippen LogP contribution in [0.4, 0.5) is 15.9 Å². The van der Waals surface area contributed by atoms with Gasteiger partial charge in [0.1, 0.15) is 23.6 Å². The fourth-order valence-corrected chi connectivity index (χ4v) is 3.55.